The van der Waals surface area contributed by atoms with E-state index in [0.29, 0.717) is 18.8 Å². The van der Waals surface area contributed by atoms with Crippen LogP contribution in [0.5, 0.6) is 0 Å². The standard InChI is InChI=1S/C19H19N5O2/c1-13-18(25)20-10-11-23(13)19(26)22-15-6-8-16(9-7-15)24-17-5-3-2-4-14(17)12-21-24/h2-9,12-13H,10-11H2,1H3,(H,20,25)(H,22,26)/t13-/m1/s1. The van der Waals surface area contributed by atoms with E-state index in [1.165, 1.54) is 4.90 Å². The number of hydrogen-bond acceptors (Lipinski definition) is 3. The molecule has 4 rings (SSSR count). The Hall–Kier alpha value is -3.35. The Morgan fingerprint density at radius 3 is 2.77 bits per heavy atom. The highest BCUT2D eigenvalue weighted by atomic mass is 16.2. The number of amides is 3. The lowest BCUT2D eigenvalue weighted by Gasteiger charge is -2.32. The van der Waals surface area contributed by atoms with Crippen LogP contribution in [0.25, 0.3) is 16.6 Å². The number of nitrogens with zero attached hydrogens (tertiary/aromatic N) is 3. The Kier molecular flexibility index (Phi) is 4.04. The molecule has 1 fully saturated rings. The van der Waals surface area contributed by atoms with Gasteiger partial charge >= 0.3 is 6.03 Å². The van der Waals surface area contributed by atoms with Crippen LogP contribution in [0, 0.1) is 0 Å². The van der Waals surface area contributed by atoms with E-state index >= 15 is 0 Å². The minimum atomic E-state index is -0.474. The third-order valence-corrected chi connectivity index (χ3v) is 4.60. The average molecular weight is 349 g/mol. The van der Waals surface area contributed by atoms with Gasteiger partial charge in [-0.25, -0.2) is 9.48 Å². The molecule has 1 atom stereocenters. The Morgan fingerprint density at radius 2 is 1.96 bits per heavy atom. The largest absolute Gasteiger partial charge is 0.353 e. The highest BCUT2D eigenvalue weighted by Crippen LogP contribution is 2.20. The van der Waals surface area contributed by atoms with E-state index < -0.39 is 6.04 Å². The van der Waals surface area contributed by atoms with Gasteiger partial charge in [0.15, 0.2) is 0 Å². The first kappa shape index (κ1) is 16.1. The van der Waals surface area contributed by atoms with Crippen LogP contribution in [0.3, 0.4) is 0 Å². The smallest absolute Gasteiger partial charge is 0.322 e. The van der Waals surface area contributed by atoms with E-state index in [1.807, 2.05) is 59.4 Å². The monoisotopic (exact) mass is 349 g/mol. The van der Waals surface area contributed by atoms with Crippen molar-refractivity contribution in [2.24, 2.45) is 0 Å². The van der Waals surface area contributed by atoms with Gasteiger partial charge < -0.3 is 15.5 Å². The summed E-state index contributed by atoms with van der Waals surface area (Å²) < 4.78 is 1.86. The van der Waals surface area contributed by atoms with E-state index in [9.17, 15) is 9.59 Å². The summed E-state index contributed by atoms with van der Waals surface area (Å²) in [5.41, 5.74) is 2.61. The molecule has 2 N–H and O–H groups in total. The van der Waals surface area contributed by atoms with Crippen LogP contribution >= 0.6 is 0 Å². The van der Waals surface area contributed by atoms with Crippen molar-refractivity contribution in [2.45, 2.75) is 13.0 Å². The molecule has 1 aromatic heterocycles. The number of carbonyl (C=O) groups is 2. The number of urea groups is 1. The molecule has 1 aliphatic heterocycles. The van der Waals surface area contributed by atoms with Crippen LogP contribution in [0.15, 0.2) is 54.7 Å². The van der Waals surface area contributed by atoms with Gasteiger partial charge in [-0.3, -0.25) is 4.79 Å². The van der Waals surface area contributed by atoms with Gasteiger partial charge in [-0.05, 0) is 37.3 Å². The fourth-order valence-corrected chi connectivity index (χ4v) is 3.12. The summed E-state index contributed by atoms with van der Waals surface area (Å²) in [6.45, 7) is 2.69. The maximum Gasteiger partial charge on any atom is 0.322 e. The Bertz CT molecular complexity index is 963. The van der Waals surface area contributed by atoms with Crippen molar-refractivity contribution in [3.63, 3.8) is 0 Å². The van der Waals surface area contributed by atoms with Crippen molar-refractivity contribution >= 4 is 28.5 Å². The maximum absolute atomic E-state index is 12.4. The Balaban J connectivity index is 1.51. The zero-order chi connectivity index (χ0) is 18.1. The second-order valence-electron chi connectivity index (χ2n) is 6.25. The minimum absolute atomic E-state index is 0.132. The molecule has 0 radical (unpaired) electrons. The first-order chi connectivity index (χ1) is 12.6. The van der Waals surface area contributed by atoms with E-state index in [2.05, 4.69) is 15.7 Å². The molecular weight excluding hydrogens is 330 g/mol. The molecule has 132 valence electrons. The number of benzene rings is 2. The molecule has 3 amide bonds. The van der Waals surface area contributed by atoms with Crippen molar-refractivity contribution in [2.75, 3.05) is 18.4 Å². The van der Waals surface area contributed by atoms with Crippen molar-refractivity contribution in [1.82, 2.24) is 20.0 Å². The van der Waals surface area contributed by atoms with Gasteiger partial charge in [-0.2, -0.15) is 5.10 Å². The Labute approximate surface area is 150 Å². The summed E-state index contributed by atoms with van der Waals surface area (Å²) in [6.07, 6.45) is 1.83. The van der Waals surface area contributed by atoms with E-state index in [-0.39, 0.29) is 11.9 Å². The van der Waals surface area contributed by atoms with Crippen molar-refractivity contribution in [3.8, 4) is 5.69 Å². The minimum Gasteiger partial charge on any atom is -0.353 e. The van der Waals surface area contributed by atoms with Crippen LogP contribution in [0.2, 0.25) is 0 Å². The molecule has 0 aliphatic carbocycles. The van der Waals surface area contributed by atoms with Crippen LogP contribution in [-0.4, -0.2) is 45.8 Å². The summed E-state index contributed by atoms with van der Waals surface area (Å²) in [5.74, 6) is -0.132. The quantitative estimate of drug-likeness (QED) is 0.745. The topological polar surface area (TPSA) is 79.3 Å². The molecular formula is C19H19N5O2. The number of hydrogen-bond donors (Lipinski definition) is 2. The number of para-hydroxylation sites is 1. The molecule has 0 spiro atoms. The molecule has 0 unspecified atom stereocenters. The number of nitrogens with one attached hydrogen (secondary N) is 2. The number of aromatic nitrogens is 2. The predicted octanol–water partition coefficient (Wildman–Crippen LogP) is 2.38. The van der Waals surface area contributed by atoms with Gasteiger partial charge in [-0.1, -0.05) is 18.2 Å². The first-order valence-corrected chi connectivity index (χ1v) is 8.52. The fraction of sp³-hybridized carbons (Fsp3) is 0.211. The molecule has 1 saturated heterocycles. The molecule has 26 heavy (non-hydrogen) atoms. The van der Waals surface area contributed by atoms with Crippen molar-refractivity contribution in [1.29, 1.82) is 0 Å². The van der Waals surface area contributed by atoms with Crippen LogP contribution in [-0.2, 0) is 4.79 Å². The summed E-state index contributed by atoms with van der Waals surface area (Å²) in [6, 6.07) is 14.7. The number of carbonyl (C=O) groups excluding carboxylic acids is 2. The van der Waals surface area contributed by atoms with Crippen LogP contribution in [0.4, 0.5) is 10.5 Å². The number of rotatable bonds is 2. The van der Waals surface area contributed by atoms with Gasteiger partial charge in [-0.15, -0.1) is 0 Å². The number of anilines is 1. The third kappa shape index (κ3) is 2.88. The highest BCUT2D eigenvalue weighted by molar-refractivity contribution is 5.94. The number of piperazine rings is 1. The first-order valence-electron chi connectivity index (χ1n) is 8.52. The second kappa shape index (κ2) is 6.51. The van der Waals surface area contributed by atoms with E-state index in [0.717, 1.165) is 16.6 Å². The summed E-state index contributed by atoms with van der Waals surface area (Å²) in [5, 5.41) is 11.1. The van der Waals surface area contributed by atoms with E-state index in [4.69, 9.17) is 0 Å². The summed E-state index contributed by atoms with van der Waals surface area (Å²) in [4.78, 5) is 25.7. The van der Waals surface area contributed by atoms with Gasteiger partial charge in [0.05, 0.1) is 17.4 Å². The van der Waals surface area contributed by atoms with E-state index in [1.54, 1.807) is 6.92 Å². The lowest BCUT2D eigenvalue weighted by atomic mass is 10.2. The predicted molar refractivity (Wildman–Crippen MR) is 99.3 cm³/mol. The summed E-state index contributed by atoms with van der Waals surface area (Å²) >= 11 is 0. The molecule has 3 aromatic rings. The van der Waals surface area contributed by atoms with Crippen LogP contribution in [0.1, 0.15) is 6.92 Å². The second-order valence-corrected chi connectivity index (χ2v) is 6.25. The molecule has 0 bridgehead atoms. The van der Waals surface area contributed by atoms with Crippen LogP contribution < -0.4 is 10.6 Å². The molecule has 7 heteroatoms. The number of fused-ring (bicyclic) bond motifs is 1. The molecule has 2 aromatic carbocycles. The zero-order valence-electron chi connectivity index (χ0n) is 14.3. The molecule has 1 aliphatic rings. The Morgan fingerprint density at radius 1 is 1.19 bits per heavy atom. The van der Waals surface area contributed by atoms with Crippen molar-refractivity contribution in [3.05, 3.63) is 54.7 Å². The van der Waals surface area contributed by atoms with Gasteiger partial charge in [0.25, 0.3) is 0 Å². The lowest BCUT2D eigenvalue weighted by Crippen LogP contribution is -2.56. The molecule has 7 nitrogen and oxygen atoms in total. The SMILES string of the molecule is C[C@@H]1C(=O)NCCN1C(=O)Nc1ccc(-n2ncc3ccccc32)cc1. The molecule has 0 saturated carbocycles. The highest BCUT2D eigenvalue weighted by Gasteiger charge is 2.29. The lowest BCUT2D eigenvalue weighted by molar-refractivity contribution is -0.126. The zero-order valence-corrected chi connectivity index (χ0v) is 14.3. The van der Waals surface area contributed by atoms with Gasteiger partial charge in [0, 0.05) is 24.2 Å². The third-order valence-electron chi connectivity index (χ3n) is 4.60. The average Bonchev–Trinajstić information content (AvgIpc) is 3.09. The van der Waals surface area contributed by atoms with Gasteiger partial charge in [0.2, 0.25) is 5.91 Å². The fourth-order valence-electron chi connectivity index (χ4n) is 3.12. The normalized spacial score (nSPS) is 17.2. The van der Waals surface area contributed by atoms with Crippen molar-refractivity contribution < 1.29 is 9.59 Å². The summed E-state index contributed by atoms with van der Waals surface area (Å²) in [7, 11) is 0. The molecule has 2 heterocycles. The van der Waals surface area contributed by atoms with Gasteiger partial charge in [0.1, 0.15) is 6.04 Å². The maximum atomic E-state index is 12.4.